The van der Waals surface area contributed by atoms with E-state index in [4.69, 9.17) is 9.16 Å². The van der Waals surface area contributed by atoms with Crippen LogP contribution in [-0.2, 0) is 14.0 Å². The fourth-order valence-electron chi connectivity index (χ4n) is 4.75. The second kappa shape index (κ2) is 9.30. The summed E-state index contributed by atoms with van der Waals surface area (Å²) in [5.74, 6) is 0.424. The number of allylic oxidation sites excluding steroid dienone is 2. The van der Waals surface area contributed by atoms with Gasteiger partial charge in [0.25, 0.3) is 0 Å². The predicted octanol–water partition coefficient (Wildman–Crippen LogP) is 5.51. The zero-order chi connectivity index (χ0) is 18.5. The molecular weight excluding hydrogens is 316 g/mol. The highest BCUT2D eigenvalue weighted by Crippen LogP contribution is 2.45. The Morgan fingerprint density at radius 2 is 1.54 bits per heavy atom. The first-order valence-corrected chi connectivity index (χ1v) is 11.7. The molecule has 0 bridgehead atoms. The molecule has 1 aliphatic rings. The fourth-order valence-corrected chi connectivity index (χ4v) is 10.4. The number of ether oxygens (including phenoxy) is 1. The lowest BCUT2D eigenvalue weighted by molar-refractivity contribution is -0.104. The number of hydrogen-bond acceptors (Lipinski definition) is 3. The van der Waals surface area contributed by atoms with Crippen LogP contribution in [0.1, 0.15) is 67.7 Å². The smallest absolute Gasteiger partial charge is 0.200 e. The molecule has 1 rings (SSSR count). The summed E-state index contributed by atoms with van der Waals surface area (Å²) in [5, 5.41) is 0. The van der Waals surface area contributed by atoms with Gasteiger partial charge in [-0.3, -0.25) is 4.79 Å². The van der Waals surface area contributed by atoms with Gasteiger partial charge in [-0.1, -0.05) is 47.6 Å². The average Bonchev–Trinajstić information content (AvgIpc) is 2.52. The van der Waals surface area contributed by atoms with Crippen molar-refractivity contribution in [3.05, 3.63) is 11.6 Å². The summed E-state index contributed by atoms with van der Waals surface area (Å²) in [6.45, 7) is 15.9. The standard InChI is InChI=1S/C20H38O3Si/c1-14(2)24(15(3)4,16(5)6)23-19-10-9-18(11-17(7)13-21)12-20(19)22-8/h11,13-16,18-20H,9-10,12H2,1-8H3/b17-11+/t18-,19+,20+/m0/s1. The Morgan fingerprint density at radius 1 is 1.00 bits per heavy atom. The van der Waals surface area contributed by atoms with Crippen molar-refractivity contribution in [2.75, 3.05) is 7.11 Å². The van der Waals surface area contributed by atoms with Crippen LogP contribution >= 0.6 is 0 Å². The van der Waals surface area contributed by atoms with Crippen molar-refractivity contribution in [2.45, 2.75) is 96.6 Å². The fraction of sp³-hybridized carbons (Fsp3) is 0.850. The minimum Gasteiger partial charge on any atom is -0.411 e. The molecule has 0 radical (unpaired) electrons. The third kappa shape index (κ3) is 4.80. The summed E-state index contributed by atoms with van der Waals surface area (Å²) >= 11 is 0. The molecule has 0 saturated heterocycles. The predicted molar refractivity (Wildman–Crippen MR) is 104 cm³/mol. The van der Waals surface area contributed by atoms with Crippen LogP contribution in [0.15, 0.2) is 11.6 Å². The molecule has 0 spiro atoms. The zero-order valence-corrected chi connectivity index (χ0v) is 18.0. The van der Waals surface area contributed by atoms with E-state index in [9.17, 15) is 4.79 Å². The maximum atomic E-state index is 10.9. The van der Waals surface area contributed by atoms with E-state index < -0.39 is 8.32 Å². The van der Waals surface area contributed by atoms with Gasteiger partial charge < -0.3 is 9.16 Å². The van der Waals surface area contributed by atoms with Gasteiger partial charge in [0.05, 0.1) is 12.2 Å². The Hall–Kier alpha value is -0.453. The van der Waals surface area contributed by atoms with Gasteiger partial charge in [0.2, 0.25) is 8.32 Å². The molecule has 3 nitrogen and oxygen atoms in total. The third-order valence-corrected chi connectivity index (χ3v) is 11.9. The molecule has 24 heavy (non-hydrogen) atoms. The van der Waals surface area contributed by atoms with Crippen LogP contribution in [0.4, 0.5) is 0 Å². The Kier molecular flexibility index (Phi) is 8.37. The lowest BCUT2D eigenvalue weighted by Crippen LogP contribution is -2.53. The first-order chi connectivity index (χ1) is 11.2. The van der Waals surface area contributed by atoms with E-state index in [1.165, 1.54) is 0 Å². The molecule has 0 amide bonds. The highest BCUT2D eigenvalue weighted by molar-refractivity contribution is 6.77. The van der Waals surface area contributed by atoms with Gasteiger partial charge in [-0.2, -0.15) is 0 Å². The second-order valence-corrected chi connectivity index (χ2v) is 13.8. The third-order valence-electron chi connectivity index (χ3n) is 5.82. The van der Waals surface area contributed by atoms with Crippen molar-refractivity contribution >= 4 is 14.6 Å². The molecule has 1 saturated carbocycles. The summed E-state index contributed by atoms with van der Waals surface area (Å²) in [6, 6.07) is 0. The lowest BCUT2D eigenvalue weighted by Gasteiger charge is -2.47. The van der Waals surface area contributed by atoms with Crippen LogP contribution < -0.4 is 0 Å². The average molecular weight is 355 g/mol. The maximum Gasteiger partial charge on any atom is 0.200 e. The second-order valence-electron chi connectivity index (χ2n) is 8.35. The SMILES string of the molecule is CO[C@@H]1C[C@H](/C=C(\C)C=O)CC[C@H]1O[Si](C(C)C)(C(C)C)C(C)C. The summed E-state index contributed by atoms with van der Waals surface area (Å²) in [4.78, 5) is 10.9. The Labute approximate surface area is 150 Å². The van der Waals surface area contributed by atoms with Gasteiger partial charge in [-0.25, -0.2) is 0 Å². The highest BCUT2D eigenvalue weighted by atomic mass is 28.4. The van der Waals surface area contributed by atoms with Gasteiger partial charge in [-0.05, 0) is 54.3 Å². The molecule has 0 aliphatic heterocycles. The van der Waals surface area contributed by atoms with Gasteiger partial charge in [0, 0.05) is 7.11 Å². The number of aldehydes is 1. The number of carbonyl (C=O) groups excluding carboxylic acids is 1. The van der Waals surface area contributed by atoms with E-state index in [1.54, 1.807) is 7.11 Å². The molecule has 0 N–H and O–H groups in total. The van der Waals surface area contributed by atoms with E-state index in [-0.39, 0.29) is 12.2 Å². The first-order valence-electron chi connectivity index (χ1n) is 9.53. The molecule has 1 aliphatic carbocycles. The molecule has 0 aromatic rings. The molecule has 0 heterocycles. The molecule has 0 aromatic heterocycles. The Balaban J connectivity index is 2.95. The monoisotopic (exact) mass is 354 g/mol. The van der Waals surface area contributed by atoms with Crippen LogP contribution in [0.2, 0.25) is 16.6 Å². The van der Waals surface area contributed by atoms with Crippen LogP contribution in [0.25, 0.3) is 0 Å². The number of carbonyl (C=O) groups is 1. The largest absolute Gasteiger partial charge is 0.411 e. The number of hydrogen-bond donors (Lipinski definition) is 0. The van der Waals surface area contributed by atoms with Crippen molar-refractivity contribution in [1.29, 1.82) is 0 Å². The Morgan fingerprint density at radius 3 is 1.96 bits per heavy atom. The van der Waals surface area contributed by atoms with Crippen molar-refractivity contribution in [2.24, 2.45) is 5.92 Å². The highest BCUT2D eigenvalue weighted by Gasteiger charge is 2.48. The lowest BCUT2D eigenvalue weighted by atomic mass is 9.84. The molecule has 140 valence electrons. The minimum absolute atomic E-state index is 0.127. The topological polar surface area (TPSA) is 35.5 Å². The van der Waals surface area contributed by atoms with E-state index in [2.05, 4.69) is 47.6 Å². The maximum absolute atomic E-state index is 10.9. The van der Waals surface area contributed by atoms with E-state index in [0.717, 1.165) is 31.1 Å². The van der Waals surface area contributed by atoms with Crippen LogP contribution in [-0.4, -0.2) is 33.9 Å². The van der Waals surface area contributed by atoms with Gasteiger partial charge in [-0.15, -0.1) is 0 Å². The zero-order valence-electron chi connectivity index (χ0n) is 17.0. The summed E-state index contributed by atoms with van der Waals surface area (Å²) in [6.07, 6.45) is 6.41. The van der Waals surface area contributed by atoms with Crippen LogP contribution in [0, 0.1) is 5.92 Å². The molecule has 3 atom stereocenters. The van der Waals surface area contributed by atoms with Gasteiger partial charge >= 0.3 is 0 Å². The van der Waals surface area contributed by atoms with Crippen molar-refractivity contribution in [1.82, 2.24) is 0 Å². The first kappa shape index (κ1) is 21.6. The quantitative estimate of drug-likeness (QED) is 0.328. The van der Waals surface area contributed by atoms with Crippen molar-refractivity contribution in [3.63, 3.8) is 0 Å². The normalized spacial score (nSPS) is 26.5. The summed E-state index contributed by atoms with van der Waals surface area (Å²) < 4.78 is 12.8. The van der Waals surface area contributed by atoms with E-state index in [1.807, 2.05) is 6.92 Å². The number of rotatable bonds is 8. The minimum atomic E-state index is -1.89. The van der Waals surface area contributed by atoms with Gasteiger partial charge in [0.15, 0.2) is 0 Å². The molecule has 1 fully saturated rings. The van der Waals surface area contributed by atoms with Crippen LogP contribution in [0.3, 0.4) is 0 Å². The molecule has 4 heteroatoms. The van der Waals surface area contributed by atoms with Crippen molar-refractivity contribution in [3.8, 4) is 0 Å². The van der Waals surface area contributed by atoms with E-state index >= 15 is 0 Å². The summed E-state index contributed by atoms with van der Waals surface area (Å²) in [5.41, 5.74) is 2.59. The van der Waals surface area contributed by atoms with Crippen LogP contribution in [0.5, 0.6) is 0 Å². The molecular formula is C20H38O3Si. The summed E-state index contributed by atoms with van der Waals surface area (Å²) in [7, 11) is -0.0909. The van der Waals surface area contributed by atoms with E-state index in [0.29, 0.717) is 22.5 Å². The number of methoxy groups -OCH3 is 1. The van der Waals surface area contributed by atoms with Crippen molar-refractivity contribution < 1.29 is 14.0 Å². The Bertz CT molecular complexity index is 407. The molecule has 0 aromatic carbocycles. The van der Waals surface area contributed by atoms with Gasteiger partial charge in [0.1, 0.15) is 6.29 Å². The molecule has 0 unspecified atom stereocenters.